The van der Waals surface area contributed by atoms with Gasteiger partial charge in [0.25, 0.3) is 0 Å². The first kappa shape index (κ1) is 11.5. The second-order valence-corrected chi connectivity index (χ2v) is 5.57. The van der Waals surface area contributed by atoms with E-state index in [9.17, 15) is 8.42 Å². The fourth-order valence-electron chi connectivity index (χ4n) is 1.43. The highest BCUT2D eigenvalue weighted by Gasteiger charge is 2.26. The van der Waals surface area contributed by atoms with Crippen LogP contribution < -0.4 is 4.72 Å². The van der Waals surface area contributed by atoms with Crippen molar-refractivity contribution in [3.63, 3.8) is 0 Å². The molecule has 80 valence electrons. The lowest BCUT2D eigenvalue weighted by molar-refractivity contribution is 0.497. The van der Waals surface area contributed by atoms with Crippen LogP contribution in [0.5, 0.6) is 0 Å². The average molecular weight is 216 g/mol. The van der Waals surface area contributed by atoms with Gasteiger partial charge in [-0.15, -0.1) is 0 Å². The zero-order valence-corrected chi connectivity index (χ0v) is 9.18. The average Bonchev–Trinajstić information content (AvgIpc) is 2.86. The third-order valence-corrected chi connectivity index (χ3v) is 3.61. The van der Waals surface area contributed by atoms with Crippen molar-refractivity contribution < 1.29 is 8.42 Å². The lowest BCUT2D eigenvalue weighted by Crippen LogP contribution is -2.36. The maximum Gasteiger partial charge on any atom is 0.225 e. The lowest BCUT2D eigenvalue weighted by Gasteiger charge is -2.15. The molecule has 1 N–H and O–H groups in total. The molecule has 1 rings (SSSR count). The fourth-order valence-corrected chi connectivity index (χ4v) is 2.46. The topological polar surface area (TPSA) is 70.0 Å². The van der Waals surface area contributed by atoms with Crippen LogP contribution in [0.25, 0.3) is 0 Å². The van der Waals surface area contributed by atoms with Gasteiger partial charge in [-0.05, 0) is 18.8 Å². The minimum Gasteiger partial charge on any atom is -0.211 e. The highest BCUT2D eigenvalue weighted by molar-refractivity contribution is 7.89. The van der Waals surface area contributed by atoms with Gasteiger partial charge in [0.1, 0.15) is 0 Å². The summed E-state index contributed by atoms with van der Waals surface area (Å²) in [5.74, 6) is 0.262. The van der Waals surface area contributed by atoms with Crippen molar-refractivity contribution in [2.24, 2.45) is 5.92 Å². The molecule has 0 amide bonds. The van der Waals surface area contributed by atoms with Crippen molar-refractivity contribution in [2.45, 2.75) is 38.6 Å². The van der Waals surface area contributed by atoms with E-state index in [1.165, 1.54) is 12.8 Å². The third kappa shape index (κ3) is 4.07. The molecule has 5 heteroatoms. The Labute approximate surface area is 85.4 Å². The summed E-state index contributed by atoms with van der Waals surface area (Å²) in [5.41, 5.74) is 0. The number of hydrogen-bond acceptors (Lipinski definition) is 3. The number of nitrogens with zero attached hydrogens (tertiary/aromatic N) is 1. The molecule has 0 aromatic rings. The first-order valence-corrected chi connectivity index (χ1v) is 6.59. The Kier molecular flexibility index (Phi) is 3.90. The molecule has 0 aromatic carbocycles. The molecule has 0 aromatic heterocycles. The van der Waals surface area contributed by atoms with Gasteiger partial charge >= 0.3 is 0 Å². The van der Waals surface area contributed by atoms with E-state index in [1.807, 2.05) is 6.92 Å². The fraction of sp³-hybridized carbons (Fsp3) is 0.889. The van der Waals surface area contributed by atoms with Gasteiger partial charge in [-0.3, -0.25) is 0 Å². The Hall–Kier alpha value is -0.600. The number of rotatable bonds is 6. The Balaban J connectivity index is 2.42. The molecule has 0 aliphatic heterocycles. The van der Waals surface area contributed by atoms with Gasteiger partial charge in [-0.1, -0.05) is 19.8 Å². The highest BCUT2D eigenvalue weighted by atomic mass is 32.2. The van der Waals surface area contributed by atoms with Gasteiger partial charge in [0.15, 0.2) is 5.75 Å². The zero-order valence-electron chi connectivity index (χ0n) is 8.36. The zero-order chi connectivity index (χ0) is 10.6. The summed E-state index contributed by atoms with van der Waals surface area (Å²) in [6, 6.07) is 1.67. The van der Waals surface area contributed by atoms with Gasteiger partial charge in [-0.25, -0.2) is 13.1 Å². The predicted octanol–water partition coefficient (Wildman–Crippen LogP) is 1.01. The third-order valence-electron chi connectivity index (χ3n) is 2.41. The van der Waals surface area contributed by atoms with Gasteiger partial charge in [-0.2, -0.15) is 5.26 Å². The van der Waals surface area contributed by atoms with E-state index < -0.39 is 15.8 Å². The molecule has 4 nitrogen and oxygen atoms in total. The van der Waals surface area contributed by atoms with Crippen LogP contribution in [0.4, 0.5) is 0 Å². The Morgan fingerprint density at radius 3 is 2.64 bits per heavy atom. The van der Waals surface area contributed by atoms with Gasteiger partial charge in [0.05, 0.1) is 6.07 Å². The van der Waals surface area contributed by atoms with E-state index in [4.69, 9.17) is 5.26 Å². The molecular weight excluding hydrogens is 200 g/mol. The van der Waals surface area contributed by atoms with Crippen LogP contribution in [-0.2, 0) is 10.0 Å². The largest absolute Gasteiger partial charge is 0.225 e. The van der Waals surface area contributed by atoms with Gasteiger partial charge in [0.2, 0.25) is 10.0 Å². The predicted molar refractivity (Wildman–Crippen MR) is 54.0 cm³/mol. The number of nitrogens with one attached hydrogen (secondary N) is 1. The van der Waals surface area contributed by atoms with E-state index in [-0.39, 0.29) is 6.04 Å². The molecule has 1 atom stereocenters. The van der Waals surface area contributed by atoms with Crippen LogP contribution in [0, 0.1) is 17.2 Å². The molecule has 0 radical (unpaired) electrons. The van der Waals surface area contributed by atoms with Crippen molar-refractivity contribution in [3.05, 3.63) is 0 Å². The van der Waals surface area contributed by atoms with E-state index in [1.54, 1.807) is 6.07 Å². The first-order valence-electron chi connectivity index (χ1n) is 4.94. The van der Waals surface area contributed by atoms with Crippen molar-refractivity contribution >= 4 is 10.0 Å². The normalized spacial score (nSPS) is 18.9. The minimum atomic E-state index is -3.37. The van der Waals surface area contributed by atoms with E-state index in [0.29, 0.717) is 5.92 Å². The van der Waals surface area contributed by atoms with E-state index in [0.717, 1.165) is 12.8 Å². The molecule has 1 unspecified atom stereocenters. The summed E-state index contributed by atoms with van der Waals surface area (Å²) >= 11 is 0. The number of sulfonamides is 1. The second kappa shape index (κ2) is 4.76. The van der Waals surface area contributed by atoms with Gasteiger partial charge in [0, 0.05) is 6.04 Å². The molecule has 1 saturated carbocycles. The van der Waals surface area contributed by atoms with Crippen LogP contribution in [0.1, 0.15) is 32.6 Å². The van der Waals surface area contributed by atoms with Crippen LogP contribution in [-0.4, -0.2) is 20.2 Å². The van der Waals surface area contributed by atoms with Crippen LogP contribution in [0.15, 0.2) is 0 Å². The monoisotopic (exact) mass is 216 g/mol. The smallest absolute Gasteiger partial charge is 0.211 e. The summed E-state index contributed by atoms with van der Waals surface area (Å²) in [7, 11) is -3.37. The summed E-state index contributed by atoms with van der Waals surface area (Å²) in [5, 5.41) is 8.31. The number of nitriles is 1. The van der Waals surface area contributed by atoms with Crippen LogP contribution in [0.2, 0.25) is 0 Å². The van der Waals surface area contributed by atoms with Crippen molar-refractivity contribution in [3.8, 4) is 6.07 Å². The molecule has 0 spiro atoms. The van der Waals surface area contributed by atoms with E-state index in [2.05, 4.69) is 4.72 Å². The molecule has 0 heterocycles. The molecule has 0 saturated heterocycles. The molecule has 1 fully saturated rings. The molecule has 1 aliphatic rings. The van der Waals surface area contributed by atoms with Crippen molar-refractivity contribution in [1.29, 1.82) is 5.26 Å². The quantitative estimate of drug-likeness (QED) is 0.720. The van der Waals surface area contributed by atoms with Crippen LogP contribution >= 0.6 is 0 Å². The Bertz CT molecular complexity index is 314. The SMILES string of the molecule is CCC(CC1CC1)NS(=O)(=O)CC#N. The number of hydrogen-bond donors (Lipinski definition) is 1. The van der Waals surface area contributed by atoms with E-state index >= 15 is 0 Å². The van der Waals surface area contributed by atoms with Crippen molar-refractivity contribution in [1.82, 2.24) is 4.72 Å². The standard InChI is InChI=1S/C9H16N2O2S/c1-2-9(7-8-3-4-8)11-14(12,13)6-5-10/h8-9,11H,2-4,6-7H2,1H3. The van der Waals surface area contributed by atoms with Gasteiger partial charge < -0.3 is 0 Å². The summed E-state index contributed by atoms with van der Waals surface area (Å²) in [6.45, 7) is 1.96. The summed E-state index contributed by atoms with van der Waals surface area (Å²) in [4.78, 5) is 0. The molecular formula is C9H16N2O2S. The molecule has 14 heavy (non-hydrogen) atoms. The van der Waals surface area contributed by atoms with Crippen molar-refractivity contribution in [2.75, 3.05) is 5.75 Å². The Morgan fingerprint density at radius 2 is 2.21 bits per heavy atom. The maximum atomic E-state index is 11.3. The first-order chi connectivity index (χ1) is 6.57. The summed E-state index contributed by atoms with van der Waals surface area (Å²) < 4.78 is 25.1. The lowest BCUT2D eigenvalue weighted by atomic mass is 10.1. The second-order valence-electron chi connectivity index (χ2n) is 3.82. The highest BCUT2D eigenvalue weighted by Crippen LogP contribution is 2.34. The summed E-state index contributed by atoms with van der Waals surface area (Å²) in [6.07, 6.45) is 4.15. The maximum absolute atomic E-state index is 11.3. The Morgan fingerprint density at radius 1 is 1.57 bits per heavy atom. The molecule has 1 aliphatic carbocycles. The molecule has 0 bridgehead atoms. The van der Waals surface area contributed by atoms with Crippen LogP contribution in [0.3, 0.4) is 0 Å². The minimum absolute atomic E-state index is 0.0147.